The lowest BCUT2D eigenvalue weighted by Crippen LogP contribution is -2.59. The molecule has 1 aliphatic heterocycles. The fourth-order valence-electron chi connectivity index (χ4n) is 3.64. The average molecular weight is 386 g/mol. The lowest BCUT2D eigenvalue weighted by molar-refractivity contribution is 0.00560. The van der Waals surface area contributed by atoms with Crippen molar-refractivity contribution in [1.29, 1.82) is 0 Å². The molecule has 28 heavy (non-hydrogen) atoms. The van der Waals surface area contributed by atoms with Crippen LogP contribution in [0.5, 0.6) is 0 Å². The zero-order valence-corrected chi connectivity index (χ0v) is 16.8. The molecule has 1 fully saturated rings. The fraction of sp³-hybridized carbons (Fsp3) is 0.500. The molecule has 8 heteroatoms. The molecule has 3 heterocycles. The molecule has 0 radical (unpaired) electrons. The molecule has 0 aromatic carbocycles. The van der Waals surface area contributed by atoms with Crippen LogP contribution in [0.1, 0.15) is 45.0 Å². The first-order valence-electron chi connectivity index (χ1n) is 9.31. The van der Waals surface area contributed by atoms with Crippen molar-refractivity contribution >= 4 is 28.8 Å². The maximum Gasteiger partial charge on any atom is 0.410 e. The second-order valence-electron chi connectivity index (χ2n) is 8.19. The number of carbonyl (C=O) groups is 2. The summed E-state index contributed by atoms with van der Waals surface area (Å²) in [7, 11) is 0. The van der Waals surface area contributed by atoms with Crippen LogP contribution in [0.2, 0.25) is 0 Å². The Bertz CT molecular complexity index is 897. The number of fused-ring (bicyclic) bond motifs is 1. The Morgan fingerprint density at radius 1 is 1.18 bits per heavy atom. The number of rotatable bonds is 2. The molecular formula is C20H26N4O4. The highest BCUT2D eigenvalue weighted by atomic mass is 16.6. The second kappa shape index (κ2) is 7.26. The van der Waals surface area contributed by atoms with Gasteiger partial charge in [0.05, 0.1) is 17.6 Å². The highest BCUT2D eigenvalue weighted by Gasteiger charge is 2.36. The Kier molecular flexibility index (Phi) is 5.14. The van der Waals surface area contributed by atoms with Crippen molar-refractivity contribution < 1.29 is 19.4 Å². The van der Waals surface area contributed by atoms with E-state index >= 15 is 0 Å². The van der Waals surface area contributed by atoms with Crippen LogP contribution in [0, 0.1) is 0 Å². The number of carboxylic acid groups (broad SMARTS) is 1. The van der Waals surface area contributed by atoms with Crippen molar-refractivity contribution in [2.45, 2.75) is 52.3 Å². The van der Waals surface area contributed by atoms with Gasteiger partial charge in [-0.3, -0.25) is 9.88 Å². The van der Waals surface area contributed by atoms with Crippen LogP contribution < -0.4 is 4.90 Å². The van der Waals surface area contributed by atoms with E-state index in [1.54, 1.807) is 17.2 Å². The van der Waals surface area contributed by atoms with E-state index in [0.717, 1.165) is 0 Å². The Labute approximate surface area is 164 Å². The largest absolute Gasteiger partial charge is 0.478 e. The molecule has 1 saturated heterocycles. The smallest absolute Gasteiger partial charge is 0.410 e. The summed E-state index contributed by atoms with van der Waals surface area (Å²) in [6.07, 6.45) is 2.60. The summed E-state index contributed by atoms with van der Waals surface area (Å²) in [6.45, 7) is 10.6. The van der Waals surface area contributed by atoms with Gasteiger partial charge < -0.3 is 14.7 Å². The van der Waals surface area contributed by atoms with Gasteiger partial charge in [0.25, 0.3) is 0 Å². The number of aromatic carboxylic acids is 1. The third-order valence-electron chi connectivity index (χ3n) is 4.67. The molecule has 1 aliphatic rings. The minimum atomic E-state index is -1.06. The van der Waals surface area contributed by atoms with Crippen LogP contribution in [-0.2, 0) is 4.74 Å². The van der Waals surface area contributed by atoms with E-state index in [4.69, 9.17) is 4.74 Å². The lowest BCUT2D eigenvalue weighted by atomic mass is 10.1. The highest BCUT2D eigenvalue weighted by Crippen LogP contribution is 2.29. The van der Waals surface area contributed by atoms with E-state index in [2.05, 4.69) is 14.9 Å². The zero-order chi connectivity index (χ0) is 20.6. The number of pyridine rings is 2. The number of hydrogen-bond donors (Lipinski definition) is 1. The van der Waals surface area contributed by atoms with Crippen LogP contribution >= 0.6 is 0 Å². The van der Waals surface area contributed by atoms with Gasteiger partial charge in [-0.1, -0.05) is 0 Å². The first-order valence-corrected chi connectivity index (χ1v) is 9.31. The van der Waals surface area contributed by atoms with E-state index in [9.17, 15) is 14.7 Å². The van der Waals surface area contributed by atoms with Crippen LogP contribution in [-0.4, -0.2) is 62.8 Å². The van der Waals surface area contributed by atoms with Gasteiger partial charge in [-0.05, 0) is 46.8 Å². The van der Waals surface area contributed by atoms with E-state index < -0.39 is 11.6 Å². The molecule has 0 unspecified atom stereocenters. The maximum atomic E-state index is 12.6. The summed E-state index contributed by atoms with van der Waals surface area (Å²) >= 11 is 0. The summed E-state index contributed by atoms with van der Waals surface area (Å²) in [5.74, 6) is -0.380. The van der Waals surface area contributed by atoms with E-state index in [0.29, 0.717) is 29.8 Å². The van der Waals surface area contributed by atoms with E-state index in [1.165, 1.54) is 6.20 Å². The molecule has 2 aromatic heterocycles. The van der Waals surface area contributed by atoms with Gasteiger partial charge >= 0.3 is 12.1 Å². The lowest BCUT2D eigenvalue weighted by Gasteiger charge is -2.45. The Balaban J connectivity index is 1.91. The van der Waals surface area contributed by atoms with Crippen molar-refractivity contribution in [3.05, 3.63) is 30.1 Å². The van der Waals surface area contributed by atoms with Gasteiger partial charge in [-0.2, -0.15) is 0 Å². The quantitative estimate of drug-likeness (QED) is 0.847. The van der Waals surface area contributed by atoms with Crippen molar-refractivity contribution in [3.8, 4) is 0 Å². The summed E-state index contributed by atoms with van der Waals surface area (Å²) < 4.78 is 5.55. The molecule has 0 bridgehead atoms. The predicted molar refractivity (Wildman–Crippen MR) is 106 cm³/mol. The minimum absolute atomic E-state index is 0.0767. The molecule has 0 saturated carbocycles. The topological polar surface area (TPSA) is 95.9 Å². The third-order valence-corrected chi connectivity index (χ3v) is 4.67. The van der Waals surface area contributed by atoms with Gasteiger partial charge in [-0.15, -0.1) is 0 Å². The SMILES string of the molecule is C[C@@H]1CN(c2ncc(C(=O)O)c3ncccc23)C[C@H](C)N1C(=O)OC(C)(C)C. The van der Waals surface area contributed by atoms with Gasteiger partial charge in [0.1, 0.15) is 17.0 Å². The molecule has 0 spiro atoms. The van der Waals surface area contributed by atoms with Gasteiger partial charge in [0.15, 0.2) is 0 Å². The fourth-order valence-corrected chi connectivity index (χ4v) is 3.64. The monoisotopic (exact) mass is 386 g/mol. The van der Waals surface area contributed by atoms with Crippen molar-refractivity contribution in [3.63, 3.8) is 0 Å². The number of carbonyl (C=O) groups excluding carboxylic acids is 1. The molecule has 1 amide bonds. The van der Waals surface area contributed by atoms with E-state index in [-0.39, 0.29) is 23.7 Å². The summed E-state index contributed by atoms with van der Waals surface area (Å²) in [5, 5.41) is 10.1. The molecule has 2 aromatic rings. The number of nitrogens with zero attached hydrogens (tertiary/aromatic N) is 4. The minimum Gasteiger partial charge on any atom is -0.478 e. The molecule has 2 atom stereocenters. The maximum absolute atomic E-state index is 12.6. The molecule has 0 aliphatic carbocycles. The zero-order valence-electron chi connectivity index (χ0n) is 16.8. The number of anilines is 1. The Hall–Kier alpha value is -2.90. The van der Waals surface area contributed by atoms with Crippen LogP contribution in [0.4, 0.5) is 10.6 Å². The normalized spacial score (nSPS) is 20.3. The number of carboxylic acids is 1. The van der Waals surface area contributed by atoms with Crippen molar-refractivity contribution in [2.24, 2.45) is 0 Å². The molecule has 1 N–H and O–H groups in total. The number of aromatic nitrogens is 2. The average Bonchev–Trinajstić information content (AvgIpc) is 2.58. The number of piperazine rings is 1. The first-order chi connectivity index (χ1) is 13.1. The van der Waals surface area contributed by atoms with Gasteiger partial charge in [0.2, 0.25) is 0 Å². The van der Waals surface area contributed by atoms with Gasteiger partial charge in [-0.25, -0.2) is 14.6 Å². The second-order valence-corrected chi connectivity index (χ2v) is 8.19. The van der Waals surface area contributed by atoms with Crippen molar-refractivity contribution in [1.82, 2.24) is 14.9 Å². The summed E-state index contributed by atoms with van der Waals surface area (Å²) in [6, 6.07) is 3.41. The standard InChI is InChI=1S/C20H26N4O4/c1-12-10-23(11-13(2)24(12)19(27)28-20(3,4)5)17-14-7-6-8-21-16(14)15(9-22-17)18(25)26/h6-9,12-13H,10-11H2,1-5H3,(H,25,26)/t12-,13+. The summed E-state index contributed by atoms with van der Waals surface area (Å²) in [4.78, 5) is 36.6. The highest BCUT2D eigenvalue weighted by molar-refractivity contribution is 6.04. The number of hydrogen-bond acceptors (Lipinski definition) is 6. The number of amides is 1. The molecule has 3 rings (SSSR count). The van der Waals surface area contributed by atoms with Crippen LogP contribution in [0.15, 0.2) is 24.5 Å². The molecule has 150 valence electrons. The van der Waals surface area contributed by atoms with Crippen molar-refractivity contribution in [2.75, 3.05) is 18.0 Å². The predicted octanol–water partition coefficient (Wildman–Crippen LogP) is 3.16. The van der Waals surface area contributed by atoms with Crippen LogP contribution in [0.3, 0.4) is 0 Å². The van der Waals surface area contributed by atoms with E-state index in [1.807, 2.05) is 40.7 Å². The Morgan fingerprint density at radius 2 is 1.82 bits per heavy atom. The van der Waals surface area contributed by atoms with Gasteiger partial charge in [0, 0.05) is 30.9 Å². The molecule has 8 nitrogen and oxygen atoms in total. The van der Waals surface area contributed by atoms with Crippen LogP contribution in [0.25, 0.3) is 10.9 Å². The first kappa shape index (κ1) is 19.9. The third kappa shape index (κ3) is 3.85. The molecular weight excluding hydrogens is 360 g/mol. The number of ether oxygens (including phenoxy) is 1. The Morgan fingerprint density at radius 3 is 2.39 bits per heavy atom. The summed E-state index contributed by atoms with van der Waals surface area (Å²) in [5.41, 5.74) is -0.0632.